The van der Waals surface area contributed by atoms with Crippen LogP contribution in [-0.4, -0.2) is 46.7 Å². The van der Waals surface area contributed by atoms with Crippen molar-refractivity contribution in [1.82, 2.24) is 4.90 Å². The number of carbonyl (C=O) groups is 2. The van der Waals surface area contributed by atoms with Crippen molar-refractivity contribution in [2.75, 3.05) is 13.2 Å². The first-order valence-corrected chi connectivity index (χ1v) is 5.72. The van der Waals surface area contributed by atoms with Gasteiger partial charge in [0.15, 0.2) is 0 Å². The fourth-order valence-electron chi connectivity index (χ4n) is 2.66. The van der Waals surface area contributed by atoms with E-state index in [1.807, 2.05) is 0 Å². The van der Waals surface area contributed by atoms with Gasteiger partial charge < -0.3 is 9.84 Å². The Hall–Kier alpha value is -0.940. The quantitative estimate of drug-likeness (QED) is 0.645. The minimum absolute atomic E-state index is 0.0891. The van der Waals surface area contributed by atoms with Crippen molar-refractivity contribution in [2.24, 2.45) is 11.8 Å². The molecule has 1 N–H and O–H groups in total. The molecule has 3 aliphatic rings. The van der Waals surface area contributed by atoms with Crippen molar-refractivity contribution in [3.63, 3.8) is 0 Å². The molecule has 0 bridgehead atoms. The molecule has 1 saturated carbocycles. The van der Waals surface area contributed by atoms with Gasteiger partial charge in [0, 0.05) is 13.0 Å². The molecule has 88 valence electrons. The molecule has 3 rings (SSSR count). The number of hydrogen-bond donors (Lipinski definition) is 1. The maximum atomic E-state index is 11.7. The van der Waals surface area contributed by atoms with Crippen molar-refractivity contribution in [3.8, 4) is 0 Å². The number of ether oxygens (including phenoxy) is 1. The Kier molecular flexibility index (Phi) is 1.95. The van der Waals surface area contributed by atoms with Crippen LogP contribution >= 0.6 is 0 Å². The summed E-state index contributed by atoms with van der Waals surface area (Å²) in [6.07, 6.45) is 0.879. The van der Waals surface area contributed by atoms with Gasteiger partial charge in [0.25, 0.3) is 0 Å². The van der Waals surface area contributed by atoms with Crippen LogP contribution in [0.15, 0.2) is 0 Å². The summed E-state index contributed by atoms with van der Waals surface area (Å²) >= 11 is 0. The molecule has 4 atom stereocenters. The van der Waals surface area contributed by atoms with Gasteiger partial charge in [-0.15, -0.1) is 0 Å². The summed E-state index contributed by atoms with van der Waals surface area (Å²) < 4.78 is 5.29. The summed E-state index contributed by atoms with van der Waals surface area (Å²) in [5, 5.41) is 10.3. The van der Waals surface area contributed by atoms with Gasteiger partial charge in [-0.25, -0.2) is 0 Å². The summed E-state index contributed by atoms with van der Waals surface area (Å²) in [5.74, 6) is -0.396. The average Bonchev–Trinajstić information content (AvgIpc) is 2.92. The second-order valence-corrected chi connectivity index (χ2v) is 5.08. The summed E-state index contributed by atoms with van der Waals surface area (Å²) in [6.45, 7) is 2.36. The number of aliphatic hydroxyl groups is 1. The van der Waals surface area contributed by atoms with E-state index in [2.05, 4.69) is 0 Å². The van der Waals surface area contributed by atoms with Gasteiger partial charge in [0.2, 0.25) is 11.8 Å². The molecule has 16 heavy (non-hydrogen) atoms. The van der Waals surface area contributed by atoms with Gasteiger partial charge in [0.1, 0.15) is 5.60 Å². The van der Waals surface area contributed by atoms with Gasteiger partial charge in [-0.1, -0.05) is 0 Å². The fourth-order valence-corrected chi connectivity index (χ4v) is 2.66. The normalized spacial score (nSPS) is 46.4. The highest BCUT2D eigenvalue weighted by atomic mass is 16.5. The fraction of sp³-hybridized carbons (Fsp3) is 0.818. The summed E-state index contributed by atoms with van der Waals surface area (Å²) in [4.78, 5) is 24.7. The molecular weight excluding hydrogens is 210 g/mol. The zero-order valence-electron chi connectivity index (χ0n) is 9.18. The largest absolute Gasteiger partial charge is 0.385 e. The lowest BCUT2D eigenvalue weighted by Crippen LogP contribution is -2.50. The molecule has 2 saturated heterocycles. The van der Waals surface area contributed by atoms with Crippen LogP contribution in [0.2, 0.25) is 0 Å². The lowest BCUT2D eigenvalue weighted by molar-refractivity contribution is -0.147. The highest BCUT2D eigenvalue weighted by Gasteiger charge is 2.60. The topological polar surface area (TPSA) is 66.8 Å². The average molecular weight is 225 g/mol. The molecule has 0 spiro atoms. The molecule has 2 amide bonds. The Balaban J connectivity index is 1.75. The van der Waals surface area contributed by atoms with Crippen LogP contribution in [0.3, 0.4) is 0 Å². The third kappa shape index (κ3) is 1.25. The first kappa shape index (κ1) is 10.2. The van der Waals surface area contributed by atoms with Crippen molar-refractivity contribution in [1.29, 1.82) is 0 Å². The first-order valence-electron chi connectivity index (χ1n) is 5.72. The maximum absolute atomic E-state index is 11.7. The van der Waals surface area contributed by atoms with Crippen LogP contribution in [-0.2, 0) is 14.3 Å². The van der Waals surface area contributed by atoms with E-state index in [-0.39, 0.29) is 36.3 Å². The molecule has 2 heterocycles. The Morgan fingerprint density at radius 3 is 2.56 bits per heavy atom. The molecule has 5 heteroatoms. The van der Waals surface area contributed by atoms with Crippen LogP contribution < -0.4 is 0 Å². The van der Waals surface area contributed by atoms with E-state index in [1.165, 1.54) is 4.90 Å². The van der Waals surface area contributed by atoms with Crippen molar-refractivity contribution in [3.05, 3.63) is 0 Å². The number of piperidine rings is 1. The van der Waals surface area contributed by atoms with E-state index in [4.69, 9.17) is 4.74 Å². The number of hydrogen-bond acceptors (Lipinski definition) is 4. The van der Waals surface area contributed by atoms with Crippen molar-refractivity contribution >= 4 is 11.8 Å². The molecule has 3 fully saturated rings. The van der Waals surface area contributed by atoms with E-state index in [9.17, 15) is 14.7 Å². The monoisotopic (exact) mass is 225 g/mol. The number of amides is 2. The Morgan fingerprint density at radius 1 is 1.44 bits per heavy atom. The van der Waals surface area contributed by atoms with Crippen LogP contribution in [0.25, 0.3) is 0 Å². The number of nitrogens with zero attached hydrogens (tertiary/aromatic N) is 1. The van der Waals surface area contributed by atoms with Gasteiger partial charge in [-0.05, 0) is 13.3 Å². The predicted molar refractivity (Wildman–Crippen MR) is 53.3 cm³/mol. The lowest BCUT2D eigenvalue weighted by atomic mass is 9.96. The number of likely N-dealkylation sites (tertiary alicyclic amines) is 1. The SMILES string of the molecule is CC1OCCC1(O)CN1C(=O)C2CC2C1=O. The second-order valence-electron chi connectivity index (χ2n) is 5.08. The van der Waals surface area contributed by atoms with E-state index in [0.29, 0.717) is 19.4 Å². The van der Waals surface area contributed by atoms with Crippen LogP contribution in [0.1, 0.15) is 19.8 Å². The zero-order chi connectivity index (χ0) is 11.5. The minimum Gasteiger partial charge on any atom is -0.385 e. The van der Waals surface area contributed by atoms with Crippen LogP contribution in [0.5, 0.6) is 0 Å². The van der Waals surface area contributed by atoms with Gasteiger partial charge in [-0.3, -0.25) is 14.5 Å². The number of β-amino-alcohol motifs (C(OH)–C–C–N with tert-alkyl or cyclic N) is 1. The minimum atomic E-state index is -1.05. The molecule has 4 unspecified atom stereocenters. The summed E-state index contributed by atoms with van der Waals surface area (Å²) in [5.41, 5.74) is -1.05. The lowest BCUT2D eigenvalue weighted by Gasteiger charge is -2.30. The molecule has 0 aromatic heterocycles. The smallest absolute Gasteiger partial charge is 0.233 e. The number of rotatable bonds is 2. The maximum Gasteiger partial charge on any atom is 0.233 e. The predicted octanol–water partition coefficient (Wildman–Crippen LogP) is -0.469. The number of carbonyl (C=O) groups excluding carboxylic acids is 2. The second kappa shape index (κ2) is 3.05. The molecule has 0 aromatic carbocycles. The van der Waals surface area contributed by atoms with Gasteiger partial charge in [-0.2, -0.15) is 0 Å². The Morgan fingerprint density at radius 2 is 2.06 bits per heavy atom. The molecule has 0 aromatic rings. The third-order valence-electron chi connectivity index (χ3n) is 4.05. The molecule has 1 aliphatic carbocycles. The van der Waals surface area contributed by atoms with E-state index in [1.54, 1.807) is 6.92 Å². The summed E-state index contributed by atoms with van der Waals surface area (Å²) in [6, 6.07) is 0. The standard InChI is InChI=1S/C11H15NO4/c1-6-11(15,2-3-16-6)5-12-9(13)7-4-8(7)10(12)14/h6-8,15H,2-5H2,1H3. The van der Waals surface area contributed by atoms with Crippen molar-refractivity contribution < 1.29 is 19.4 Å². The molecule has 0 radical (unpaired) electrons. The van der Waals surface area contributed by atoms with Crippen LogP contribution in [0.4, 0.5) is 0 Å². The van der Waals surface area contributed by atoms with E-state index < -0.39 is 5.60 Å². The molecule has 2 aliphatic heterocycles. The highest BCUT2D eigenvalue weighted by molar-refractivity contribution is 6.08. The van der Waals surface area contributed by atoms with Crippen LogP contribution in [0, 0.1) is 11.8 Å². The first-order chi connectivity index (χ1) is 7.53. The Bertz CT molecular complexity index is 349. The molecular formula is C11H15NO4. The number of imide groups is 1. The van der Waals surface area contributed by atoms with E-state index in [0.717, 1.165) is 0 Å². The summed E-state index contributed by atoms with van der Waals surface area (Å²) in [7, 11) is 0. The van der Waals surface area contributed by atoms with Gasteiger partial charge in [0.05, 0.1) is 24.5 Å². The number of fused-ring (bicyclic) bond motifs is 1. The third-order valence-corrected chi connectivity index (χ3v) is 4.05. The zero-order valence-corrected chi connectivity index (χ0v) is 9.18. The van der Waals surface area contributed by atoms with Gasteiger partial charge >= 0.3 is 0 Å². The molecule has 5 nitrogen and oxygen atoms in total. The van der Waals surface area contributed by atoms with E-state index >= 15 is 0 Å². The van der Waals surface area contributed by atoms with Crippen molar-refractivity contribution in [2.45, 2.75) is 31.5 Å². The Labute approximate surface area is 93.4 Å². The highest BCUT2D eigenvalue weighted by Crippen LogP contribution is 2.47.